The van der Waals surface area contributed by atoms with Gasteiger partial charge in [0.05, 0.1) is 0 Å². The van der Waals surface area contributed by atoms with Gasteiger partial charge < -0.3 is 15.3 Å². The average molecular weight is 280 g/mol. The van der Waals surface area contributed by atoms with Gasteiger partial charge in [0, 0.05) is 11.5 Å². The number of hydrogen-bond acceptors (Lipinski definition) is 3. The molecule has 3 N–H and O–H groups in total. The minimum atomic E-state index is -1.46. The summed E-state index contributed by atoms with van der Waals surface area (Å²) in [6.07, 6.45) is 7.10. The zero-order valence-electron chi connectivity index (χ0n) is 12.0. The van der Waals surface area contributed by atoms with E-state index in [0.717, 1.165) is 19.3 Å². The van der Waals surface area contributed by atoms with E-state index in [1.54, 1.807) is 6.08 Å². The van der Waals surface area contributed by atoms with Crippen LogP contribution in [0.3, 0.4) is 0 Å². The molecule has 4 heteroatoms. The maximum Gasteiger partial charge on any atom is 0.330 e. The Morgan fingerprint density at radius 2 is 1.55 bits per heavy atom. The van der Waals surface area contributed by atoms with Crippen molar-refractivity contribution in [2.24, 2.45) is 29.1 Å². The quantitative estimate of drug-likeness (QED) is 0.545. The molecule has 0 aromatic heterocycles. The van der Waals surface area contributed by atoms with Crippen LogP contribution in [0.25, 0.3) is 0 Å². The second-order valence-corrected chi connectivity index (χ2v) is 7.37. The minimum Gasteiger partial charge on any atom is -0.478 e. The largest absolute Gasteiger partial charge is 0.478 e. The van der Waals surface area contributed by atoms with E-state index in [1.165, 1.54) is 26.2 Å². The monoisotopic (exact) mass is 280 g/mol. The molecular formula is C16H24O4. The van der Waals surface area contributed by atoms with E-state index < -0.39 is 18.2 Å². The van der Waals surface area contributed by atoms with Crippen molar-refractivity contribution < 1.29 is 20.1 Å². The Morgan fingerprint density at radius 1 is 1.10 bits per heavy atom. The van der Waals surface area contributed by atoms with E-state index in [2.05, 4.69) is 0 Å². The fourth-order valence-corrected chi connectivity index (χ4v) is 5.51. The number of rotatable bonds is 4. The first-order valence-electron chi connectivity index (χ1n) is 7.67. The highest BCUT2D eigenvalue weighted by Crippen LogP contribution is 2.63. The SMILES string of the molecule is CC(=CC(C(O)O)C12CC3CC(CC(C3)C1)C2)C(=O)O. The van der Waals surface area contributed by atoms with Crippen LogP contribution in [0.5, 0.6) is 0 Å². The van der Waals surface area contributed by atoms with Crippen LogP contribution >= 0.6 is 0 Å². The Morgan fingerprint density at radius 3 is 1.90 bits per heavy atom. The second kappa shape index (κ2) is 4.85. The molecule has 4 bridgehead atoms. The molecule has 4 fully saturated rings. The van der Waals surface area contributed by atoms with Gasteiger partial charge in [0.25, 0.3) is 0 Å². The van der Waals surface area contributed by atoms with Gasteiger partial charge in [0.15, 0.2) is 6.29 Å². The van der Waals surface area contributed by atoms with Gasteiger partial charge in [-0.25, -0.2) is 4.79 Å². The number of carboxylic acid groups (broad SMARTS) is 1. The Bertz CT molecular complexity index is 402. The van der Waals surface area contributed by atoms with Crippen molar-refractivity contribution in [2.75, 3.05) is 0 Å². The molecule has 112 valence electrons. The van der Waals surface area contributed by atoms with Crippen molar-refractivity contribution in [2.45, 2.75) is 51.7 Å². The molecule has 4 aliphatic carbocycles. The lowest BCUT2D eigenvalue weighted by Gasteiger charge is -2.59. The maximum atomic E-state index is 11.1. The summed E-state index contributed by atoms with van der Waals surface area (Å²) in [7, 11) is 0. The van der Waals surface area contributed by atoms with E-state index in [0.29, 0.717) is 17.8 Å². The summed E-state index contributed by atoms with van der Waals surface area (Å²) in [4.78, 5) is 11.1. The lowest BCUT2D eigenvalue weighted by atomic mass is 9.46. The van der Waals surface area contributed by atoms with Crippen molar-refractivity contribution in [1.82, 2.24) is 0 Å². The van der Waals surface area contributed by atoms with Gasteiger partial charge in [-0.2, -0.15) is 0 Å². The molecule has 0 aromatic rings. The van der Waals surface area contributed by atoms with E-state index in [1.807, 2.05) is 0 Å². The van der Waals surface area contributed by atoms with Gasteiger partial charge in [-0.3, -0.25) is 0 Å². The van der Waals surface area contributed by atoms with Crippen LogP contribution in [0.15, 0.2) is 11.6 Å². The molecule has 0 spiro atoms. The number of aliphatic hydroxyl groups excluding tert-OH is 1. The normalized spacial score (nSPS) is 41.2. The van der Waals surface area contributed by atoms with Crippen LogP contribution in [0.1, 0.15) is 45.4 Å². The summed E-state index contributed by atoms with van der Waals surface area (Å²) in [5.41, 5.74) is 0.137. The zero-order valence-corrected chi connectivity index (χ0v) is 12.0. The van der Waals surface area contributed by atoms with Crippen LogP contribution < -0.4 is 0 Å². The van der Waals surface area contributed by atoms with Crippen molar-refractivity contribution in [1.29, 1.82) is 0 Å². The molecule has 0 aliphatic heterocycles. The molecule has 0 heterocycles. The molecule has 4 aliphatic rings. The van der Waals surface area contributed by atoms with Crippen LogP contribution in [-0.2, 0) is 4.79 Å². The van der Waals surface area contributed by atoms with Gasteiger partial charge in [-0.05, 0) is 68.6 Å². The zero-order chi connectivity index (χ0) is 14.5. The van der Waals surface area contributed by atoms with Crippen molar-refractivity contribution in [3.63, 3.8) is 0 Å². The van der Waals surface area contributed by atoms with Crippen LogP contribution in [0.4, 0.5) is 0 Å². The first-order chi connectivity index (χ1) is 9.39. The minimum absolute atomic E-state index is 0.0837. The number of aliphatic carboxylic acids is 1. The molecule has 0 radical (unpaired) electrons. The van der Waals surface area contributed by atoms with Crippen LogP contribution in [-0.4, -0.2) is 27.6 Å². The third-order valence-corrected chi connectivity index (χ3v) is 5.88. The molecule has 0 amide bonds. The summed E-state index contributed by atoms with van der Waals surface area (Å²) >= 11 is 0. The Labute approximate surface area is 119 Å². The lowest BCUT2D eigenvalue weighted by molar-refractivity contribution is -0.159. The van der Waals surface area contributed by atoms with Gasteiger partial charge >= 0.3 is 5.97 Å². The van der Waals surface area contributed by atoms with E-state index in [9.17, 15) is 15.0 Å². The first-order valence-corrected chi connectivity index (χ1v) is 7.67. The third-order valence-electron chi connectivity index (χ3n) is 5.88. The average Bonchev–Trinajstić information content (AvgIpc) is 2.33. The molecule has 4 saturated carbocycles. The summed E-state index contributed by atoms with van der Waals surface area (Å²) in [6, 6.07) is 0. The number of carboxylic acids is 1. The smallest absolute Gasteiger partial charge is 0.330 e. The summed E-state index contributed by atoms with van der Waals surface area (Å²) in [5.74, 6) is 0.718. The number of aliphatic hydroxyl groups is 2. The molecule has 4 rings (SSSR count). The molecule has 20 heavy (non-hydrogen) atoms. The highest BCUT2D eigenvalue weighted by molar-refractivity contribution is 5.85. The molecular weight excluding hydrogens is 256 g/mol. The molecule has 1 unspecified atom stereocenters. The third kappa shape index (κ3) is 2.29. The molecule has 0 aromatic carbocycles. The Kier molecular flexibility index (Phi) is 3.41. The topological polar surface area (TPSA) is 77.8 Å². The van der Waals surface area contributed by atoms with Crippen LogP contribution in [0.2, 0.25) is 0 Å². The maximum absolute atomic E-state index is 11.1. The predicted molar refractivity (Wildman–Crippen MR) is 73.7 cm³/mol. The standard InChI is InChI=1S/C16H24O4/c1-9(14(17)18)2-13(15(19)20)16-6-10-3-11(7-16)5-12(4-10)8-16/h2,10-13,15,19-20H,3-8H2,1H3,(H,17,18). The van der Waals surface area contributed by atoms with Crippen molar-refractivity contribution >= 4 is 5.97 Å². The second-order valence-electron chi connectivity index (χ2n) is 7.37. The number of hydrogen-bond donors (Lipinski definition) is 3. The molecule has 4 nitrogen and oxygen atoms in total. The lowest BCUT2D eigenvalue weighted by Crippen LogP contribution is -2.51. The van der Waals surface area contributed by atoms with E-state index in [4.69, 9.17) is 5.11 Å². The number of carbonyl (C=O) groups is 1. The fourth-order valence-electron chi connectivity index (χ4n) is 5.51. The predicted octanol–water partition coefficient (Wildman–Crippen LogP) is 2.16. The Balaban J connectivity index is 1.91. The van der Waals surface area contributed by atoms with Gasteiger partial charge in [-0.15, -0.1) is 0 Å². The van der Waals surface area contributed by atoms with E-state index in [-0.39, 0.29) is 11.0 Å². The molecule has 1 atom stereocenters. The van der Waals surface area contributed by atoms with Crippen LogP contribution in [0, 0.1) is 29.1 Å². The van der Waals surface area contributed by atoms with Gasteiger partial charge in [0.2, 0.25) is 0 Å². The van der Waals surface area contributed by atoms with Crippen molar-refractivity contribution in [3.05, 3.63) is 11.6 Å². The summed E-state index contributed by atoms with van der Waals surface area (Å²) < 4.78 is 0. The highest BCUT2D eigenvalue weighted by atomic mass is 16.5. The van der Waals surface area contributed by atoms with Gasteiger partial charge in [0.1, 0.15) is 0 Å². The van der Waals surface area contributed by atoms with Crippen molar-refractivity contribution in [3.8, 4) is 0 Å². The summed E-state index contributed by atoms with van der Waals surface area (Å²) in [5, 5.41) is 28.7. The van der Waals surface area contributed by atoms with Gasteiger partial charge in [-0.1, -0.05) is 6.08 Å². The first kappa shape index (κ1) is 14.1. The Hall–Kier alpha value is -0.870. The highest BCUT2D eigenvalue weighted by Gasteiger charge is 2.54. The summed E-state index contributed by atoms with van der Waals surface area (Å²) in [6.45, 7) is 1.54. The van der Waals surface area contributed by atoms with E-state index >= 15 is 0 Å². The molecule has 0 saturated heterocycles. The fraction of sp³-hybridized carbons (Fsp3) is 0.812.